The van der Waals surface area contributed by atoms with E-state index in [1.54, 1.807) is 0 Å². The molecule has 2 nitrogen and oxygen atoms in total. The average Bonchev–Trinajstić information content (AvgIpc) is 2.41. The topological polar surface area (TPSA) is 26.3 Å². The summed E-state index contributed by atoms with van der Waals surface area (Å²) in [5.74, 6) is -24.6. The highest BCUT2D eigenvalue weighted by atomic mass is 19.4. The van der Waals surface area contributed by atoms with Crippen LogP contribution in [0.3, 0.4) is 0 Å². The summed E-state index contributed by atoms with van der Waals surface area (Å²) in [6.45, 7) is 0. The third-order valence-electron chi connectivity index (χ3n) is 2.86. The van der Waals surface area contributed by atoms with Crippen LogP contribution in [0.4, 0.5) is 79.0 Å². The zero-order valence-electron chi connectivity index (χ0n) is 12.1. The van der Waals surface area contributed by atoms with Crippen LogP contribution in [0.15, 0.2) is 0 Å². The van der Waals surface area contributed by atoms with E-state index in [-0.39, 0.29) is 0 Å². The van der Waals surface area contributed by atoms with Crippen molar-refractivity contribution in [3.63, 3.8) is 0 Å². The summed E-state index contributed by atoms with van der Waals surface area (Å²) in [4.78, 5) is 9.80. The van der Waals surface area contributed by atoms with Crippen molar-refractivity contribution in [2.24, 2.45) is 0 Å². The van der Waals surface area contributed by atoms with Gasteiger partial charge in [0.05, 0.1) is 0 Å². The van der Waals surface area contributed by atoms with Crippen molar-refractivity contribution in [2.75, 3.05) is 0 Å². The lowest BCUT2D eigenvalue weighted by Crippen LogP contribution is -2.74. The quantitative estimate of drug-likeness (QED) is 0.374. The molecule has 0 N–H and O–H groups in total. The van der Waals surface area contributed by atoms with Gasteiger partial charge in [-0.1, -0.05) is 0 Å². The Balaban J connectivity index is 6.76. The molecule has 0 aromatic carbocycles. The first-order chi connectivity index (χ1) is 12.2. The SMILES string of the molecule is O=C(F)C(F)(OC(F)(F)C(F)(F)C(F)(F)C(F)(C(F)(F)F)C(F)(F)F)C(F)(F)F. The maximum absolute atomic E-state index is 13.1. The number of rotatable bonds is 6. The van der Waals surface area contributed by atoms with Crippen LogP contribution in [0.25, 0.3) is 0 Å². The summed E-state index contributed by atoms with van der Waals surface area (Å²) in [5, 5.41) is 0. The van der Waals surface area contributed by atoms with E-state index in [2.05, 4.69) is 0 Å². The van der Waals surface area contributed by atoms with Crippen molar-refractivity contribution in [3.8, 4) is 0 Å². The molecule has 0 fully saturated rings. The first-order valence-electron chi connectivity index (χ1n) is 5.76. The minimum atomic E-state index is -8.76. The van der Waals surface area contributed by atoms with Crippen LogP contribution < -0.4 is 0 Å². The van der Waals surface area contributed by atoms with E-state index in [0.29, 0.717) is 0 Å². The second kappa shape index (κ2) is 6.69. The summed E-state index contributed by atoms with van der Waals surface area (Å²) in [7, 11) is 0. The van der Waals surface area contributed by atoms with E-state index >= 15 is 0 Å². The Morgan fingerprint density at radius 3 is 1.03 bits per heavy atom. The van der Waals surface area contributed by atoms with E-state index < -0.39 is 54.0 Å². The molecule has 0 aliphatic rings. The Morgan fingerprint density at radius 1 is 0.517 bits per heavy atom. The van der Waals surface area contributed by atoms with Gasteiger partial charge < -0.3 is 0 Å². The maximum Gasteiger partial charge on any atom is 0.459 e. The Bertz CT molecular complexity index is 611. The number of alkyl halides is 17. The lowest BCUT2D eigenvalue weighted by Gasteiger charge is -2.42. The summed E-state index contributed by atoms with van der Waals surface area (Å²) < 4.78 is 226. The lowest BCUT2D eigenvalue weighted by atomic mass is 9.90. The zero-order valence-corrected chi connectivity index (χ0v) is 12.1. The van der Waals surface area contributed by atoms with Crippen LogP contribution in [-0.2, 0) is 9.53 Å². The zero-order chi connectivity index (χ0) is 24.3. The predicted octanol–water partition coefficient (Wildman–Crippen LogP) is 5.42. The number of carbonyl (C=O) groups excluding carboxylic acids is 1. The number of hydrogen-bond donors (Lipinski definition) is 0. The van der Waals surface area contributed by atoms with Gasteiger partial charge >= 0.3 is 54.0 Å². The third-order valence-corrected chi connectivity index (χ3v) is 2.86. The second-order valence-electron chi connectivity index (χ2n) is 4.79. The normalized spacial score (nSPS) is 17.9. The van der Waals surface area contributed by atoms with Gasteiger partial charge in [0.1, 0.15) is 0 Å². The number of halogens is 18. The minimum absolute atomic E-state index is 1.24. The fraction of sp³-hybridized carbons (Fsp3) is 0.889. The van der Waals surface area contributed by atoms with Gasteiger partial charge in [0.2, 0.25) is 0 Å². The van der Waals surface area contributed by atoms with Crippen LogP contribution in [-0.4, -0.2) is 54.0 Å². The van der Waals surface area contributed by atoms with Crippen molar-refractivity contribution < 1.29 is 88.6 Å². The van der Waals surface area contributed by atoms with E-state index in [1.807, 2.05) is 0 Å². The van der Waals surface area contributed by atoms with Crippen LogP contribution in [0.2, 0.25) is 0 Å². The van der Waals surface area contributed by atoms with Gasteiger partial charge in [0, 0.05) is 0 Å². The molecule has 174 valence electrons. The first-order valence-corrected chi connectivity index (χ1v) is 5.76. The molecule has 0 saturated carbocycles. The van der Waals surface area contributed by atoms with Crippen molar-refractivity contribution in [1.29, 1.82) is 0 Å². The molecule has 20 heteroatoms. The standard InChI is InChI=1S/C9F18O2/c10-1(28)2(11,6(17,18)19)29-9(26,27)5(15,16)4(13,14)3(12,7(20,21)22)8(23,24)25. The van der Waals surface area contributed by atoms with Crippen molar-refractivity contribution in [3.05, 3.63) is 0 Å². The molecular formula is C9F18O2. The molecule has 0 amide bonds. The third kappa shape index (κ3) is 3.78. The monoisotopic (exact) mass is 482 g/mol. The van der Waals surface area contributed by atoms with Crippen molar-refractivity contribution in [2.45, 2.75) is 48.0 Å². The van der Waals surface area contributed by atoms with E-state index in [4.69, 9.17) is 0 Å². The lowest BCUT2D eigenvalue weighted by molar-refractivity contribution is -0.494. The molecule has 0 aromatic heterocycles. The van der Waals surface area contributed by atoms with E-state index in [1.165, 1.54) is 4.74 Å². The minimum Gasteiger partial charge on any atom is -0.261 e. The Labute approximate surface area is 144 Å². The van der Waals surface area contributed by atoms with Crippen LogP contribution in [0.1, 0.15) is 0 Å². The van der Waals surface area contributed by atoms with Gasteiger partial charge in [0.25, 0.3) is 0 Å². The molecule has 1 atom stereocenters. The molecule has 0 aromatic rings. The molecule has 0 spiro atoms. The largest absolute Gasteiger partial charge is 0.459 e. The Kier molecular flexibility index (Phi) is 6.31. The highest BCUT2D eigenvalue weighted by Crippen LogP contribution is 2.62. The first kappa shape index (κ1) is 27.4. The van der Waals surface area contributed by atoms with Gasteiger partial charge in [-0.25, -0.2) is 4.39 Å². The summed E-state index contributed by atoms with van der Waals surface area (Å²) in [5.41, 5.74) is -8.57. The van der Waals surface area contributed by atoms with Crippen molar-refractivity contribution >= 4 is 6.04 Å². The number of ether oxygens (including phenoxy) is 1. The van der Waals surface area contributed by atoms with Gasteiger partial charge in [-0.3, -0.25) is 9.53 Å². The Hall–Kier alpha value is -1.63. The fourth-order valence-corrected chi connectivity index (χ4v) is 1.37. The predicted molar refractivity (Wildman–Crippen MR) is 47.9 cm³/mol. The van der Waals surface area contributed by atoms with Gasteiger partial charge in [-0.05, 0) is 0 Å². The number of carbonyl (C=O) groups is 1. The van der Waals surface area contributed by atoms with Gasteiger partial charge in [0.15, 0.2) is 0 Å². The van der Waals surface area contributed by atoms with Gasteiger partial charge in [-0.15, -0.1) is 0 Å². The van der Waals surface area contributed by atoms with E-state index in [0.717, 1.165) is 0 Å². The van der Waals surface area contributed by atoms with E-state index in [9.17, 15) is 83.8 Å². The molecule has 0 aliphatic heterocycles. The van der Waals surface area contributed by atoms with Crippen LogP contribution in [0, 0.1) is 0 Å². The molecule has 0 rings (SSSR count). The number of hydrogen-bond acceptors (Lipinski definition) is 2. The molecule has 1 unspecified atom stereocenters. The van der Waals surface area contributed by atoms with Crippen LogP contribution in [0.5, 0.6) is 0 Å². The molecule has 0 heterocycles. The molecule has 0 radical (unpaired) electrons. The second-order valence-corrected chi connectivity index (χ2v) is 4.79. The van der Waals surface area contributed by atoms with Gasteiger partial charge in [-0.2, -0.15) is 74.6 Å². The molecule has 0 aliphatic carbocycles. The average molecular weight is 482 g/mol. The smallest absolute Gasteiger partial charge is 0.261 e. The molecule has 0 saturated heterocycles. The van der Waals surface area contributed by atoms with Crippen molar-refractivity contribution in [1.82, 2.24) is 0 Å². The molecule has 29 heavy (non-hydrogen) atoms. The van der Waals surface area contributed by atoms with Crippen LogP contribution >= 0.6 is 0 Å². The maximum atomic E-state index is 13.1. The highest BCUT2D eigenvalue weighted by Gasteiger charge is 2.94. The summed E-state index contributed by atoms with van der Waals surface area (Å²) in [6.07, 6.45) is -32.0. The molecular weight excluding hydrogens is 482 g/mol. The summed E-state index contributed by atoms with van der Waals surface area (Å²) >= 11 is 0. The fourth-order valence-electron chi connectivity index (χ4n) is 1.37. The highest BCUT2D eigenvalue weighted by molar-refractivity contribution is 5.77. The summed E-state index contributed by atoms with van der Waals surface area (Å²) in [6, 6.07) is -4.80. The Morgan fingerprint density at radius 2 is 0.828 bits per heavy atom. The molecule has 0 bridgehead atoms.